The lowest BCUT2D eigenvalue weighted by Crippen LogP contribution is -2.20. The molecule has 0 aromatic carbocycles. The summed E-state index contributed by atoms with van der Waals surface area (Å²) in [6.07, 6.45) is 12.4. The molecule has 0 heterocycles. The molecule has 1 rings (SSSR count). The molecule has 25 heavy (non-hydrogen) atoms. The smallest absolute Gasteiger partial charge is 0.303 e. The van der Waals surface area contributed by atoms with E-state index in [4.69, 9.17) is 5.11 Å². The van der Waals surface area contributed by atoms with Crippen LogP contribution in [0.4, 0.5) is 0 Å². The maximum Gasteiger partial charge on any atom is 0.303 e. The SMILES string of the molecule is CCCCC/C=C\C[C@@H]1[C@H](/C=C/[C@@H](O)CCCC(=O)O)[C@H](O)C[C@@H]1O. The summed E-state index contributed by atoms with van der Waals surface area (Å²) in [6, 6.07) is 0. The van der Waals surface area contributed by atoms with Gasteiger partial charge in [0.1, 0.15) is 0 Å². The van der Waals surface area contributed by atoms with Crippen LogP contribution in [0.15, 0.2) is 24.3 Å². The van der Waals surface area contributed by atoms with Gasteiger partial charge < -0.3 is 20.4 Å². The van der Waals surface area contributed by atoms with E-state index in [2.05, 4.69) is 19.1 Å². The van der Waals surface area contributed by atoms with Gasteiger partial charge in [0.05, 0.1) is 18.3 Å². The number of hydrogen-bond donors (Lipinski definition) is 4. The van der Waals surface area contributed by atoms with Crippen LogP contribution in [0, 0.1) is 11.8 Å². The number of carbonyl (C=O) groups is 1. The van der Waals surface area contributed by atoms with Crippen molar-refractivity contribution in [2.24, 2.45) is 11.8 Å². The van der Waals surface area contributed by atoms with Gasteiger partial charge in [-0.2, -0.15) is 0 Å². The van der Waals surface area contributed by atoms with Gasteiger partial charge in [0.2, 0.25) is 0 Å². The molecule has 1 aliphatic rings. The fraction of sp³-hybridized carbons (Fsp3) is 0.750. The van der Waals surface area contributed by atoms with Crippen molar-refractivity contribution in [3.05, 3.63) is 24.3 Å². The third-order valence-electron chi connectivity index (χ3n) is 4.91. The fourth-order valence-corrected chi connectivity index (χ4v) is 3.41. The van der Waals surface area contributed by atoms with Crippen molar-refractivity contribution in [3.63, 3.8) is 0 Å². The molecular formula is C20H34O5. The first-order chi connectivity index (χ1) is 12.0. The van der Waals surface area contributed by atoms with Crippen LogP contribution in [0.3, 0.4) is 0 Å². The Balaban J connectivity index is 2.47. The fourth-order valence-electron chi connectivity index (χ4n) is 3.41. The molecule has 1 fully saturated rings. The molecule has 144 valence electrons. The van der Waals surface area contributed by atoms with Gasteiger partial charge in [-0.05, 0) is 38.0 Å². The Labute approximate surface area is 151 Å². The molecule has 1 aliphatic carbocycles. The Kier molecular flexibility index (Phi) is 10.7. The highest BCUT2D eigenvalue weighted by Crippen LogP contribution is 2.36. The number of allylic oxidation sites excluding steroid dienone is 2. The van der Waals surface area contributed by atoms with Gasteiger partial charge in [-0.25, -0.2) is 0 Å². The summed E-state index contributed by atoms with van der Waals surface area (Å²) in [7, 11) is 0. The van der Waals surface area contributed by atoms with Crippen LogP contribution in [-0.4, -0.2) is 44.7 Å². The van der Waals surface area contributed by atoms with Crippen LogP contribution >= 0.6 is 0 Å². The monoisotopic (exact) mass is 354 g/mol. The average molecular weight is 354 g/mol. The number of aliphatic hydroxyl groups is 3. The first-order valence-electron chi connectivity index (χ1n) is 9.55. The highest BCUT2D eigenvalue weighted by atomic mass is 16.4. The van der Waals surface area contributed by atoms with Crippen LogP contribution in [0.2, 0.25) is 0 Å². The second-order valence-electron chi connectivity index (χ2n) is 7.05. The molecule has 1 saturated carbocycles. The van der Waals surface area contributed by atoms with Crippen molar-refractivity contribution in [1.82, 2.24) is 0 Å². The van der Waals surface area contributed by atoms with Crippen molar-refractivity contribution < 1.29 is 25.2 Å². The molecule has 0 aliphatic heterocycles. The largest absolute Gasteiger partial charge is 0.481 e. The van der Waals surface area contributed by atoms with E-state index < -0.39 is 24.3 Å². The summed E-state index contributed by atoms with van der Waals surface area (Å²) in [5.74, 6) is -1.08. The van der Waals surface area contributed by atoms with Crippen molar-refractivity contribution in [2.75, 3.05) is 0 Å². The third-order valence-corrected chi connectivity index (χ3v) is 4.91. The summed E-state index contributed by atoms with van der Waals surface area (Å²) >= 11 is 0. The van der Waals surface area contributed by atoms with Crippen molar-refractivity contribution in [1.29, 1.82) is 0 Å². The molecule has 5 heteroatoms. The summed E-state index contributed by atoms with van der Waals surface area (Å²) in [5.41, 5.74) is 0. The highest BCUT2D eigenvalue weighted by Gasteiger charge is 2.39. The van der Waals surface area contributed by atoms with E-state index in [9.17, 15) is 20.1 Å². The first kappa shape index (κ1) is 21.9. The molecular weight excluding hydrogens is 320 g/mol. The van der Waals surface area contributed by atoms with E-state index >= 15 is 0 Å². The van der Waals surface area contributed by atoms with Gasteiger partial charge in [-0.15, -0.1) is 0 Å². The second kappa shape index (κ2) is 12.2. The molecule has 0 radical (unpaired) electrons. The molecule has 4 N–H and O–H groups in total. The predicted octanol–water partition coefficient (Wildman–Crippen LogP) is 3.04. The summed E-state index contributed by atoms with van der Waals surface area (Å²) < 4.78 is 0. The molecule has 0 unspecified atom stereocenters. The Morgan fingerprint density at radius 1 is 1.16 bits per heavy atom. The number of aliphatic carboxylic acids is 1. The lowest BCUT2D eigenvalue weighted by Gasteiger charge is -2.19. The Morgan fingerprint density at radius 3 is 2.60 bits per heavy atom. The van der Waals surface area contributed by atoms with Gasteiger partial charge in [0.15, 0.2) is 0 Å². The van der Waals surface area contributed by atoms with Gasteiger partial charge in [0.25, 0.3) is 0 Å². The molecule has 0 bridgehead atoms. The molecule has 0 saturated heterocycles. The van der Waals surface area contributed by atoms with Crippen molar-refractivity contribution in [2.45, 2.75) is 83.0 Å². The van der Waals surface area contributed by atoms with Crippen LogP contribution in [0.25, 0.3) is 0 Å². The zero-order valence-corrected chi connectivity index (χ0v) is 15.3. The minimum Gasteiger partial charge on any atom is -0.481 e. The zero-order valence-electron chi connectivity index (χ0n) is 15.3. The molecule has 0 spiro atoms. The molecule has 0 aromatic heterocycles. The summed E-state index contributed by atoms with van der Waals surface area (Å²) in [6.45, 7) is 2.17. The topological polar surface area (TPSA) is 98.0 Å². The lowest BCUT2D eigenvalue weighted by molar-refractivity contribution is -0.137. The summed E-state index contributed by atoms with van der Waals surface area (Å²) in [4.78, 5) is 10.5. The van der Waals surface area contributed by atoms with Crippen LogP contribution in [-0.2, 0) is 4.79 Å². The zero-order chi connectivity index (χ0) is 18.7. The van der Waals surface area contributed by atoms with Crippen LogP contribution < -0.4 is 0 Å². The highest BCUT2D eigenvalue weighted by molar-refractivity contribution is 5.66. The molecule has 0 aromatic rings. The predicted molar refractivity (Wildman–Crippen MR) is 98.1 cm³/mol. The maximum absolute atomic E-state index is 10.5. The van der Waals surface area contributed by atoms with E-state index in [0.717, 1.165) is 6.42 Å². The van der Waals surface area contributed by atoms with Gasteiger partial charge in [0, 0.05) is 18.8 Å². The minimum absolute atomic E-state index is 0.0418. The van der Waals surface area contributed by atoms with E-state index in [0.29, 0.717) is 25.7 Å². The summed E-state index contributed by atoms with van der Waals surface area (Å²) in [5, 5.41) is 38.9. The lowest BCUT2D eigenvalue weighted by atomic mass is 9.89. The van der Waals surface area contributed by atoms with Gasteiger partial charge in [-0.3, -0.25) is 4.79 Å². The Morgan fingerprint density at radius 2 is 1.92 bits per heavy atom. The van der Waals surface area contributed by atoms with Gasteiger partial charge >= 0.3 is 5.97 Å². The standard InChI is InChI=1S/C20H34O5/c1-2-3-4-5-6-7-10-16-17(19(23)14-18(16)22)13-12-15(21)9-8-11-20(24)25/h6-7,12-13,15-19,21-23H,2-5,8-11,14H2,1H3,(H,24,25)/b7-6-,13-12+/t15-,16+,17-,18-,19+/m0/s1. The number of rotatable bonds is 12. The third kappa shape index (κ3) is 8.66. The second-order valence-corrected chi connectivity index (χ2v) is 7.05. The molecule has 0 amide bonds. The minimum atomic E-state index is -0.865. The number of aliphatic hydroxyl groups excluding tert-OH is 3. The molecule has 5 nitrogen and oxygen atoms in total. The quantitative estimate of drug-likeness (QED) is 0.319. The number of carboxylic acid groups (broad SMARTS) is 1. The maximum atomic E-state index is 10.5. The van der Waals surface area contributed by atoms with Gasteiger partial charge in [-0.1, -0.05) is 44.1 Å². The van der Waals surface area contributed by atoms with E-state index in [1.165, 1.54) is 19.3 Å². The Bertz CT molecular complexity index is 432. The van der Waals surface area contributed by atoms with E-state index in [1.807, 2.05) is 0 Å². The number of hydrogen-bond acceptors (Lipinski definition) is 4. The van der Waals surface area contributed by atoms with E-state index in [-0.39, 0.29) is 18.3 Å². The number of carboxylic acids is 1. The van der Waals surface area contributed by atoms with Crippen LogP contribution in [0.5, 0.6) is 0 Å². The molecule has 5 atom stereocenters. The normalized spacial score (nSPS) is 28.2. The first-order valence-corrected chi connectivity index (χ1v) is 9.55. The average Bonchev–Trinajstić information content (AvgIpc) is 2.81. The Hall–Kier alpha value is -1.17. The van der Waals surface area contributed by atoms with Crippen molar-refractivity contribution in [3.8, 4) is 0 Å². The van der Waals surface area contributed by atoms with Crippen molar-refractivity contribution >= 4 is 5.97 Å². The number of unbranched alkanes of at least 4 members (excludes halogenated alkanes) is 3. The van der Waals surface area contributed by atoms with E-state index in [1.54, 1.807) is 12.2 Å². The van der Waals surface area contributed by atoms with Crippen LogP contribution in [0.1, 0.15) is 64.7 Å².